The van der Waals surface area contributed by atoms with Gasteiger partial charge in [0.2, 0.25) is 5.91 Å². The zero-order chi connectivity index (χ0) is 17.9. The molecule has 1 aromatic rings. The number of nitro groups is 1. The molecule has 2 amide bonds. The van der Waals surface area contributed by atoms with Crippen molar-refractivity contribution >= 4 is 29.3 Å². The lowest BCUT2D eigenvalue weighted by Gasteiger charge is -2.28. The standard InChI is InChI=1S/C16H21N3O4S/c1-4-17(5-2)16(21)14-9-24-10-18(14)15(20)12-7-6-11(3)13(8-12)19(22)23/h6-8,14H,4-5,9-10H2,1-3H3/t14-/m0/s1. The average Bonchev–Trinajstić information content (AvgIpc) is 3.04. The summed E-state index contributed by atoms with van der Waals surface area (Å²) in [4.78, 5) is 39.2. The van der Waals surface area contributed by atoms with E-state index in [0.717, 1.165) is 0 Å². The predicted molar refractivity (Wildman–Crippen MR) is 93.0 cm³/mol. The summed E-state index contributed by atoms with van der Waals surface area (Å²) in [5.74, 6) is 0.557. The van der Waals surface area contributed by atoms with Crippen LogP contribution in [0.2, 0.25) is 0 Å². The third kappa shape index (κ3) is 3.53. The molecule has 1 atom stereocenters. The molecule has 7 nitrogen and oxygen atoms in total. The molecule has 0 unspecified atom stereocenters. The lowest BCUT2D eigenvalue weighted by molar-refractivity contribution is -0.385. The minimum Gasteiger partial charge on any atom is -0.341 e. The van der Waals surface area contributed by atoms with Crippen LogP contribution in [-0.4, -0.2) is 57.3 Å². The van der Waals surface area contributed by atoms with Gasteiger partial charge in [-0.2, -0.15) is 0 Å². The molecule has 0 aliphatic carbocycles. The summed E-state index contributed by atoms with van der Waals surface area (Å²) in [6, 6.07) is 3.92. The third-order valence-corrected chi connectivity index (χ3v) is 5.17. The SMILES string of the molecule is CCN(CC)C(=O)[C@@H]1CSCN1C(=O)c1ccc(C)c([N+](=O)[O-])c1. The van der Waals surface area contributed by atoms with Crippen LogP contribution in [-0.2, 0) is 4.79 Å². The van der Waals surface area contributed by atoms with Crippen molar-refractivity contribution in [2.75, 3.05) is 24.7 Å². The molecule has 1 saturated heterocycles. The van der Waals surface area contributed by atoms with Crippen LogP contribution in [0.4, 0.5) is 5.69 Å². The molecule has 0 saturated carbocycles. The molecule has 0 spiro atoms. The molecular formula is C16H21N3O4S. The Morgan fingerprint density at radius 3 is 2.62 bits per heavy atom. The van der Waals surface area contributed by atoms with Gasteiger partial charge in [0, 0.05) is 36.0 Å². The normalized spacial score (nSPS) is 17.0. The van der Waals surface area contributed by atoms with Gasteiger partial charge in [-0.15, -0.1) is 11.8 Å². The maximum atomic E-state index is 12.8. The number of likely N-dealkylation sites (N-methyl/N-ethyl adjacent to an activating group) is 1. The summed E-state index contributed by atoms with van der Waals surface area (Å²) in [6.07, 6.45) is 0. The van der Waals surface area contributed by atoms with Crippen LogP contribution >= 0.6 is 11.8 Å². The van der Waals surface area contributed by atoms with Crippen molar-refractivity contribution in [2.24, 2.45) is 0 Å². The first-order valence-electron chi connectivity index (χ1n) is 7.83. The first kappa shape index (κ1) is 18.3. The van der Waals surface area contributed by atoms with Gasteiger partial charge in [0.1, 0.15) is 6.04 Å². The molecule has 130 valence electrons. The van der Waals surface area contributed by atoms with Gasteiger partial charge in [-0.05, 0) is 26.8 Å². The van der Waals surface area contributed by atoms with Crippen LogP contribution in [0.25, 0.3) is 0 Å². The Morgan fingerprint density at radius 1 is 1.38 bits per heavy atom. The fourth-order valence-corrected chi connectivity index (χ4v) is 3.84. The molecule has 1 heterocycles. The Bertz CT molecular complexity index is 661. The number of aryl methyl sites for hydroxylation is 1. The van der Waals surface area contributed by atoms with Crippen molar-refractivity contribution in [2.45, 2.75) is 26.8 Å². The number of hydrogen-bond acceptors (Lipinski definition) is 5. The summed E-state index contributed by atoms with van der Waals surface area (Å²) in [7, 11) is 0. The van der Waals surface area contributed by atoms with Crippen LogP contribution in [0.15, 0.2) is 18.2 Å². The van der Waals surface area contributed by atoms with Crippen molar-refractivity contribution in [3.63, 3.8) is 0 Å². The van der Waals surface area contributed by atoms with E-state index < -0.39 is 11.0 Å². The average molecular weight is 351 g/mol. The summed E-state index contributed by atoms with van der Waals surface area (Å²) < 4.78 is 0. The minimum absolute atomic E-state index is 0.0695. The molecule has 0 N–H and O–H groups in total. The Morgan fingerprint density at radius 2 is 2.04 bits per heavy atom. The first-order valence-corrected chi connectivity index (χ1v) is 8.98. The monoisotopic (exact) mass is 351 g/mol. The highest BCUT2D eigenvalue weighted by Gasteiger charge is 2.37. The van der Waals surface area contributed by atoms with Crippen LogP contribution in [0.5, 0.6) is 0 Å². The van der Waals surface area contributed by atoms with Gasteiger partial charge in [-0.1, -0.05) is 6.07 Å². The number of carbonyl (C=O) groups is 2. The van der Waals surface area contributed by atoms with Gasteiger partial charge in [0.25, 0.3) is 11.6 Å². The summed E-state index contributed by atoms with van der Waals surface area (Å²) in [5.41, 5.74) is 0.662. The number of carbonyl (C=O) groups excluding carboxylic acids is 2. The van der Waals surface area contributed by atoms with Gasteiger partial charge in [0.15, 0.2) is 0 Å². The molecular weight excluding hydrogens is 330 g/mol. The topological polar surface area (TPSA) is 83.8 Å². The van der Waals surface area contributed by atoms with E-state index in [9.17, 15) is 19.7 Å². The summed E-state index contributed by atoms with van der Waals surface area (Å²) in [6.45, 7) is 6.62. The van der Waals surface area contributed by atoms with Crippen LogP contribution in [0.1, 0.15) is 29.8 Å². The van der Waals surface area contributed by atoms with Gasteiger partial charge in [-0.25, -0.2) is 0 Å². The number of nitro benzene ring substituents is 1. The highest BCUT2D eigenvalue weighted by Crippen LogP contribution is 2.26. The number of hydrogen-bond donors (Lipinski definition) is 0. The smallest absolute Gasteiger partial charge is 0.273 e. The second-order valence-corrected chi connectivity index (χ2v) is 6.56. The third-order valence-electron chi connectivity index (χ3n) is 4.16. The minimum atomic E-state index is -0.511. The molecule has 0 bridgehead atoms. The van der Waals surface area contributed by atoms with Gasteiger partial charge in [-0.3, -0.25) is 19.7 Å². The van der Waals surface area contributed by atoms with Gasteiger partial charge in [0.05, 0.1) is 10.8 Å². The van der Waals surface area contributed by atoms with Gasteiger partial charge >= 0.3 is 0 Å². The lowest BCUT2D eigenvalue weighted by Crippen LogP contribution is -2.48. The highest BCUT2D eigenvalue weighted by atomic mass is 32.2. The number of rotatable bonds is 5. The van der Waals surface area contributed by atoms with Crippen LogP contribution < -0.4 is 0 Å². The highest BCUT2D eigenvalue weighted by molar-refractivity contribution is 7.99. The Hall–Kier alpha value is -2.09. The quantitative estimate of drug-likeness (QED) is 0.600. The second kappa shape index (κ2) is 7.65. The molecule has 0 aromatic heterocycles. The number of amides is 2. The van der Waals surface area contributed by atoms with Crippen molar-refractivity contribution in [1.82, 2.24) is 9.80 Å². The Labute approximate surface area is 145 Å². The second-order valence-electron chi connectivity index (χ2n) is 5.56. The van der Waals surface area contributed by atoms with E-state index in [1.165, 1.54) is 22.7 Å². The van der Waals surface area contributed by atoms with Crippen molar-refractivity contribution < 1.29 is 14.5 Å². The molecule has 0 radical (unpaired) electrons. The van der Waals surface area contributed by atoms with E-state index in [0.29, 0.717) is 30.3 Å². The fourth-order valence-electron chi connectivity index (χ4n) is 2.70. The van der Waals surface area contributed by atoms with E-state index in [4.69, 9.17) is 0 Å². The fraction of sp³-hybridized carbons (Fsp3) is 0.500. The van der Waals surface area contributed by atoms with E-state index in [1.54, 1.807) is 24.0 Å². The zero-order valence-electron chi connectivity index (χ0n) is 14.0. The van der Waals surface area contributed by atoms with E-state index in [2.05, 4.69) is 0 Å². The number of thioether (sulfide) groups is 1. The Balaban J connectivity index is 2.27. The lowest BCUT2D eigenvalue weighted by atomic mass is 10.1. The van der Waals surface area contributed by atoms with E-state index in [-0.39, 0.29) is 23.1 Å². The van der Waals surface area contributed by atoms with Gasteiger partial charge < -0.3 is 9.80 Å². The molecule has 1 aliphatic rings. The molecule has 1 aliphatic heterocycles. The maximum absolute atomic E-state index is 12.8. The number of nitrogens with zero attached hydrogens (tertiary/aromatic N) is 3. The van der Waals surface area contributed by atoms with Crippen LogP contribution in [0, 0.1) is 17.0 Å². The van der Waals surface area contributed by atoms with Crippen LogP contribution in [0.3, 0.4) is 0 Å². The van der Waals surface area contributed by atoms with E-state index in [1.807, 2.05) is 13.8 Å². The molecule has 2 rings (SSSR count). The maximum Gasteiger partial charge on any atom is 0.273 e. The predicted octanol–water partition coefficient (Wildman–Crippen LogP) is 2.29. The molecule has 24 heavy (non-hydrogen) atoms. The van der Waals surface area contributed by atoms with Crippen molar-refractivity contribution in [1.29, 1.82) is 0 Å². The van der Waals surface area contributed by atoms with Crippen molar-refractivity contribution in [3.05, 3.63) is 39.4 Å². The van der Waals surface area contributed by atoms with Crippen molar-refractivity contribution in [3.8, 4) is 0 Å². The summed E-state index contributed by atoms with van der Waals surface area (Å²) in [5, 5.41) is 11.1. The molecule has 8 heteroatoms. The number of benzene rings is 1. The largest absolute Gasteiger partial charge is 0.341 e. The first-order chi connectivity index (χ1) is 11.4. The summed E-state index contributed by atoms with van der Waals surface area (Å²) >= 11 is 1.52. The zero-order valence-corrected chi connectivity index (χ0v) is 14.8. The molecule has 1 aromatic carbocycles. The molecule has 1 fully saturated rings. The van der Waals surface area contributed by atoms with E-state index >= 15 is 0 Å². The Kier molecular flexibility index (Phi) is 5.82.